The Hall–Kier alpha value is -0.560. The molecule has 3 rings (SSSR count). The van der Waals surface area contributed by atoms with E-state index in [1.807, 2.05) is 12.1 Å². The molecule has 2 saturated heterocycles. The molecule has 0 bridgehead atoms. The van der Waals surface area contributed by atoms with Gasteiger partial charge in [0.05, 0.1) is 11.0 Å². The number of nitrogens with zero attached hydrogens (tertiary/aromatic N) is 1. The average Bonchev–Trinajstić information content (AvgIpc) is 2.82. The summed E-state index contributed by atoms with van der Waals surface area (Å²) in [7, 11) is -3.10. The minimum atomic E-state index is -3.10. The fraction of sp³-hybridized carbons (Fsp3) is 0.625. The van der Waals surface area contributed by atoms with E-state index in [0.717, 1.165) is 38.4 Å². The highest BCUT2D eigenvalue weighted by molar-refractivity contribution is 8.01. The number of benzene rings is 1. The van der Waals surface area contributed by atoms with E-state index in [1.54, 1.807) is 12.1 Å². The lowest BCUT2D eigenvalue weighted by molar-refractivity contribution is 0.0417. The van der Waals surface area contributed by atoms with Gasteiger partial charge in [0.25, 0.3) is 0 Å². The quantitative estimate of drug-likeness (QED) is 0.821. The van der Waals surface area contributed by atoms with E-state index < -0.39 is 9.84 Å². The molecule has 2 aliphatic rings. The van der Waals surface area contributed by atoms with Crippen molar-refractivity contribution in [2.24, 2.45) is 0 Å². The lowest BCUT2D eigenvalue weighted by Crippen LogP contribution is -2.58. The minimum Gasteiger partial charge on any atom is -0.378 e. The van der Waals surface area contributed by atoms with Gasteiger partial charge in [0.2, 0.25) is 0 Å². The molecular weight excluding hydrogens is 318 g/mol. The Kier molecular flexibility index (Phi) is 4.56. The molecule has 0 aromatic heterocycles. The molecule has 4 nitrogen and oxygen atoms in total. The Bertz CT molecular complexity index is 621. The number of rotatable bonds is 5. The van der Waals surface area contributed by atoms with Crippen LogP contribution in [0.2, 0.25) is 0 Å². The molecule has 1 aromatic rings. The van der Waals surface area contributed by atoms with Crippen LogP contribution in [0.5, 0.6) is 0 Å². The molecule has 22 heavy (non-hydrogen) atoms. The number of sulfone groups is 1. The molecule has 122 valence electrons. The molecule has 0 amide bonds. The number of hydrogen-bond donors (Lipinski definition) is 0. The van der Waals surface area contributed by atoms with Gasteiger partial charge in [-0.3, -0.25) is 4.90 Å². The Morgan fingerprint density at radius 1 is 1.32 bits per heavy atom. The number of thioether (sulfide) groups is 1. The molecule has 1 aromatic carbocycles. The van der Waals surface area contributed by atoms with Crippen LogP contribution in [0.15, 0.2) is 29.2 Å². The van der Waals surface area contributed by atoms with E-state index in [4.69, 9.17) is 4.74 Å². The third-order valence-corrected chi connectivity index (χ3v) is 7.06. The van der Waals surface area contributed by atoms with Gasteiger partial charge in [-0.25, -0.2) is 8.42 Å². The lowest BCUT2D eigenvalue weighted by atomic mass is 9.92. The van der Waals surface area contributed by atoms with Gasteiger partial charge in [-0.15, -0.1) is 11.8 Å². The summed E-state index contributed by atoms with van der Waals surface area (Å²) in [6, 6.07) is 7.25. The van der Waals surface area contributed by atoms with Gasteiger partial charge in [0.15, 0.2) is 9.84 Å². The molecule has 6 heteroatoms. The second kappa shape index (κ2) is 6.15. The molecule has 1 spiro atoms. The molecule has 2 fully saturated rings. The summed E-state index contributed by atoms with van der Waals surface area (Å²) >= 11 is 2.05. The zero-order chi connectivity index (χ0) is 15.8. The normalized spacial score (nSPS) is 24.5. The predicted octanol–water partition coefficient (Wildman–Crippen LogP) is 2.19. The Morgan fingerprint density at radius 3 is 2.59 bits per heavy atom. The summed E-state index contributed by atoms with van der Waals surface area (Å²) < 4.78 is 29.1. The van der Waals surface area contributed by atoms with Crippen LogP contribution in [0.3, 0.4) is 0 Å². The lowest BCUT2D eigenvalue weighted by Gasteiger charge is -2.47. The molecule has 1 unspecified atom stereocenters. The molecule has 0 N–H and O–H groups in total. The average molecular weight is 341 g/mol. The van der Waals surface area contributed by atoms with E-state index >= 15 is 0 Å². The maximum Gasteiger partial charge on any atom is 0.175 e. The van der Waals surface area contributed by atoms with E-state index in [2.05, 4.69) is 23.6 Å². The van der Waals surface area contributed by atoms with Crippen LogP contribution in [0.25, 0.3) is 0 Å². The smallest absolute Gasteiger partial charge is 0.175 e. The molecule has 0 radical (unpaired) electrons. The van der Waals surface area contributed by atoms with Gasteiger partial charge in [-0.2, -0.15) is 0 Å². The van der Waals surface area contributed by atoms with Crippen molar-refractivity contribution in [2.75, 3.05) is 31.7 Å². The zero-order valence-electron chi connectivity index (χ0n) is 13.1. The number of likely N-dealkylation sites (tertiary alicyclic amines) is 1. The fourth-order valence-electron chi connectivity index (χ4n) is 3.35. The van der Waals surface area contributed by atoms with Gasteiger partial charge >= 0.3 is 0 Å². The summed E-state index contributed by atoms with van der Waals surface area (Å²) in [5.41, 5.74) is 1.17. The first-order valence-electron chi connectivity index (χ1n) is 7.67. The van der Waals surface area contributed by atoms with Crippen molar-refractivity contribution in [2.45, 2.75) is 35.6 Å². The van der Waals surface area contributed by atoms with Crippen LogP contribution >= 0.6 is 11.8 Å². The second-order valence-corrected chi connectivity index (χ2v) is 9.84. The van der Waals surface area contributed by atoms with Crippen molar-refractivity contribution in [3.05, 3.63) is 29.8 Å². The van der Waals surface area contributed by atoms with Crippen LogP contribution in [0.1, 0.15) is 18.9 Å². The number of hydrogen-bond acceptors (Lipinski definition) is 5. The van der Waals surface area contributed by atoms with Crippen molar-refractivity contribution in [1.29, 1.82) is 0 Å². The number of ether oxygens (including phenoxy) is 1. The highest BCUT2D eigenvalue weighted by Crippen LogP contribution is 2.46. The van der Waals surface area contributed by atoms with Crippen LogP contribution in [0.4, 0.5) is 0 Å². The first-order chi connectivity index (χ1) is 10.4. The van der Waals surface area contributed by atoms with Gasteiger partial charge < -0.3 is 4.74 Å². The summed E-state index contributed by atoms with van der Waals surface area (Å²) in [6.07, 6.45) is 2.83. The molecule has 1 atom stereocenters. The van der Waals surface area contributed by atoms with Crippen molar-refractivity contribution < 1.29 is 13.2 Å². The van der Waals surface area contributed by atoms with Crippen molar-refractivity contribution >= 4 is 21.6 Å². The summed E-state index contributed by atoms with van der Waals surface area (Å²) in [5.74, 6) is 1.12. The van der Waals surface area contributed by atoms with Crippen molar-refractivity contribution in [3.8, 4) is 0 Å². The monoisotopic (exact) mass is 341 g/mol. The molecule has 0 aliphatic carbocycles. The Balaban J connectivity index is 1.52. The largest absolute Gasteiger partial charge is 0.378 e. The van der Waals surface area contributed by atoms with Gasteiger partial charge in [0.1, 0.15) is 0 Å². The molecule has 2 aliphatic heterocycles. The van der Waals surface area contributed by atoms with Crippen molar-refractivity contribution in [3.63, 3.8) is 0 Å². The predicted molar refractivity (Wildman–Crippen MR) is 90.0 cm³/mol. The Labute approximate surface area is 137 Å². The summed E-state index contributed by atoms with van der Waals surface area (Å²) in [4.78, 5) is 2.82. The van der Waals surface area contributed by atoms with Crippen LogP contribution in [0, 0.1) is 0 Å². The summed E-state index contributed by atoms with van der Waals surface area (Å²) in [6.45, 7) is 5.97. The van der Waals surface area contributed by atoms with Crippen LogP contribution in [-0.2, 0) is 21.1 Å². The molecule has 0 saturated carbocycles. The first kappa shape index (κ1) is 16.3. The fourth-order valence-corrected chi connectivity index (χ4v) is 5.58. The van der Waals surface area contributed by atoms with Gasteiger partial charge in [-0.05, 0) is 31.0 Å². The SMILES string of the molecule is CCOC1CSC2(C1)CN(Cc1ccc(S(C)(=O)=O)cc1)C2. The van der Waals surface area contributed by atoms with Crippen molar-refractivity contribution in [1.82, 2.24) is 4.90 Å². The standard InChI is InChI=1S/C16H23NO3S2/c1-3-20-14-8-16(21-10-14)11-17(12-16)9-13-4-6-15(7-5-13)22(2,18)19/h4-7,14H,3,8-12H2,1-2H3. The van der Waals surface area contributed by atoms with Gasteiger partial charge in [0, 0.05) is 43.0 Å². The van der Waals surface area contributed by atoms with Crippen LogP contribution in [-0.4, -0.2) is 55.9 Å². The van der Waals surface area contributed by atoms with Gasteiger partial charge in [-0.1, -0.05) is 12.1 Å². The topological polar surface area (TPSA) is 46.6 Å². The second-order valence-electron chi connectivity index (χ2n) is 6.34. The first-order valence-corrected chi connectivity index (χ1v) is 10.5. The third-order valence-electron chi connectivity index (χ3n) is 4.36. The van der Waals surface area contributed by atoms with E-state index in [0.29, 0.717) is 15.7 Å². The molecule has 2 heterocycles. The highest BCUT2D eigenvalue weighted by Gasteiger charge is 2.48. The summed E-state index contributed by atoms with van der Waals surface area (Å²) in [5, 5.41) is 0. The molecular formula is C16H23NO3S2. The minimum absolute atomic E-state index is 0.391. The van der Waals surface area contributed by atoms with E-state index in [1.165, 1.54) is 11.8 Å². The maximum atomic E-state index is 11.5. The van der Waals surface area contributed by atoms with E-state index in [9.17, 15) is 8.42 Å². The highest BCUT2D eigenvalue weighted by atomic mass is 32.2. The maximum absolute atomic E-state index is 11.5. The zero-order valence-corrected chi connectivity index (χ0v) is 14.8. The third kappa shape index (κ3) is 3.50. The van der Waals surface area contributed by atoms with E-state index in [-0.39, 0.29) is 0 Å². The van der Waals surface area contributed by atoms with Crippen LogP contribution < -0.4 is 0 Å². The Morgan fingerprint density at radius 2 is 2.00 bits per heavy atom.